The van der Waals surface area contributed by atoms with Crippen molar-refractivity contribution in [1.29, 1.82) is 0 Å². The van der Waals surface area contributed by atoms with Crippen LogP contribution in [0.5, 0.6) is 11.5 Å². The zero-order chi connectivity index (χ0) is 17.6. The van der Waals surface area contributed by atoms with E-state index >= 15 is 0 Å². The van der Waals surface area contributed by atoms with E-state index in [0.717, 1.165) is 16.8 Å². The van der Waals surface area contributed by atoms with Gasteiger partial charge >= 0.3 is 0 Å². The molecule has 0 saturated heterocycles. The summed E-state index contributed by atoms with van der Waals surface area (Å²) in [6, 6.07) is 11.0. The van der Waals surface area contributed by atoms with Gasteiger partial charge in [0.2, 0.25) is 11.8 Å². The summed E-state index contributed by atoms with van der Waals surface area (Å²) in [7, 11) is 3.17. The molecule has 128 valence electrons. The maximum Gasteiger partial charge on any atom is 0.240 e. The van der Waals surface area contributed by atoms with Crippen LogP contribution in [0.1, 0.15) is 11.1 Å². The maximum absolute atomic E-state index is 12.9. The van der Waals surface area contributed by atoms with Gasteiger partial charge in [0.05, 0.1) is 14.2 Å². The van der Waals surface area contributed by atoms with Crippen molar-refractivity contribution in [2.45, 2.75) is 12.8 Å². The van der Waals surface area contributed by atoms with Gasteiger partial charge in [-0.1, -0.05) is 6.07 Å². The van der Waals surface area contributed by atoms with Crippen LogP contribution in [0, 0.1) is 5.41 Å². The second kappa shape index (κ2) is 5.51. The number of carbonyl (C=O) groups is 2. The number of benzene rings is 2. The molecule has 1 unspecified atom stereocenters. The van der Waals surface area contributed by atoms with Gasteiger partial charge < -0.3 is 20.1 Å². The quantitative estimate of drug-likeness (QED) is 0.824. The molecule has 2 heterocycles. The van der Waals surface area contributed by atoms with Crippen LogP contribution in [-0.2, 0) is 22.4 Å². The fraction of sp³-hybridized carbons (Fsp3) is 0.263. The average Bonchev–Trinajstić information content (AvgIpc) is 2.62. The Morgan fingerprint density at radius 2 is 1.40 bits per heavy atom. The molecule has 0 aromatic heterocycles. The highest BCUT2D eigenvalue weighted by atomic mass is 16.5. The number of nitrogens with one attached hydrogen (secondary N) is 2. The van der Waals surface area contributed by atoms with Crippen LogP contribution in [0.4, 0.5) is 11.4 Å². The number of anilines is 2. The summed E-state index contributed by atoms with van der Waals surface area (Å²) >= 11 is 0. The Kier molecular flexibility index (Phi) is 3.42. The summed E-state index contributed by atoms with van der Waals surface area (Å²) in [5.41, 5.74) is 2.08. The standard InChI is InChI=1S/C19H18N2O4/c1-24-13-5-6-15-12(7-13)10-19(17(22)20-15)9-11-3-4-14(25-2)8-16(11)21-18(19)23/h3-8H,9-10H2,1-2H3,(H,20,22)(H,21,23). The van der Waals surface area contributed by atoms with Gasteiger partial charge in [-0.15, -0.1) is 0 Å². The van der Waals surface area contributed by atoms with Crippen LogP contribution in [0.25, 0.3) is 0 Å². The van der Waals surface area contributed by atoms with Crippen LogP contribution in [0.15, 0.2) is 36.4 Å². The van der Waals surface area contributed by atoms with Crippen molar-refractivity contribution < 1.29 is 19.1 Å². The molecule has 2 aliphatic rings. The molecule has 6 nitrogen and oxygen atoms in total. The molecule has 2 aromatic carbocycles. The maximum atomic E-state index is 12.9. The van der Waals surface area contributed by atoms with E-state index < -0.39 is 5.41 Å². The molecule has 0 radical (unpaired) electrons. The molecule has 2 aromatic rings. The highest BCUT2D eigenvalue weighted by molar-refractivity contribution is 6.18. The van der Waals surface area contributed by atoms with E-state index in [1.54, 1.807) is 32.4 Å². The summed E-state index contributed by atoms with van der Waals surface area (Å²) in [6.07, 6.45) is 0.684. The Morgan fingerprint density at radius 1 is 0.800 bits per heavy atom. The number of amides is 2. The van der Waals surface area contributed by atoms with E-state index in [2.05, 4.69) is 10.6 Å². The summed E-state index contributed by atoms with van der Waals surface area (Å²) < 4.78 is 10.5. The predicted octanol–water partition coefficient (Wildman–Crippen LogP) is 2.38. The zero-order valence-electron chi connectivity index (χ0n) is 14.0. The molecule has 25 heavy (non-hydrogen) atoms. The molecule has 2 amide bonds. The van der Waals surface area contributed by atoms with E-state index in [9.17, 15) is 9.59 Å². The molecule has 2 N–H and O–H groups in total. The Labute approximate surface area is 145 Å². The Hall–Kier alpha value is -3.02. The lowest BCUT2D eigenvalue weighted by atomic mass is 9.70. The number of hydrogen-bond donors (Lipinski definition) is 2. The van der Waals surface area contributed by atoms with Crippen molar-refractivity contribution >= 4 is 23.2 Å². The van der Waals surface area contributed by atoms with Crippen LogP contribution in [0.2, 0.25) is 0 Å². The van der Waals surface area contributed by atoms with Crippen molar-refractivity contribution in [3.8, 4) is 11.5 Å². The molecule has 0 bridgehead atoms. The number of fused-ring (bicyclic) bond motifs is 2. The summed E-state index contributed by atoms with van der Waals surface area (Å²) in [6.45, 7) is 0. The Bertz CT molecular complexity index is 893. The van der Waals surface area contributed by atoms with Gasteiger partial charge in [-0.3, -0.25) is 9.59 Å². The monoisotopic (exact) mass is 338 g/mol. The third kappa shape index (κ3) is 2.33. The van der Waals surface area contributed by atoms with Crippen molar-refractivity contribution in [3.05, 3.63) is 47.5 Å². The fourth-order valence-corrected chi connectivity index (χ4v) is 3.54. The van der Waals surface area contributed by atoms with Crippen LogP contribution in [0.3, 0.4) is 0 Å². The van der Waals surface area contributed by atoms with Crippen molar-refractivity contribution in [1.82, 2.24) is 0 Å². The largest absolute Gasteiger partial charge is 0.497 e. The van der Waals surface area contributed by atoms with Gasteiger partial charge in [-0.05, 0) is 48.2 Å². The number of hydrogen-bond acceptors (Lipinski definition) is 4. The number of ether oxygens (including phenoxy) is 2. The molecule has 4 rings (SSSR count). The highest BCUT2D eigenvalue weighted by Crippen LogP contribution is 2.43. The first-order valence-electron chi connectivity index (χ1n) is 8.02. The molecule has 0 fully saturated rings. The molecular formula is C19H18N2O4. The lowest BCUT2D eigenvalue weighted by Gasteiger charge is -2.39. The van der Waals surface area contributed by atoms with E-state index in [-0.39, 0.29) is 11.8 Å². The first-order chi connectivity index (χ1) is 12.1. The molecule has 0 aliphatic carbocycles. The summed E-state index contributed by atoms with van der Waals surface area (Å²) in [4.78, 5) is 25.7. The molecule has 1 atom stereocenters. The third-order valence-electron chi connectivity index (χ3n) is 4.98. The lowest BCUT2D eigenvalue weighted by Crippen LogP contribution is -2.53. The minimum Gasteiger partial charge on any atom is -0.497 e. The van der Waals surface area contributed by atoms with Gasteiger partial charge in [-0.2, -0.15) is 0 Å². The van der Waals surface area contributed by atoms with Crippen LogP contribution in [-0.4, -0.2) is 26.0 Å². The van der Waals surface area contributed by atoms with E-state index in [1.165, 1.54) is 0 Å². The normalized spacial score (nSPS) is 21.0. The average molecular weight is 338 g/mol. The fourth-order valence-electron chi connectivity index (χ4n) is 3.54. The van der Waals surface area contributed by atoms with Crippen LogP contribution >= 0.6 is 0 Å². The second-order valence-corrected chi connectivity index (χ2v) is 6.39. The smallest absolute Gasteiger partial charge is 0.240 e. The summed E-state index contributed by atoms with van der Waals surface area (Å²) in [5, 5.41) is 5.75. The van der Waals surface area contributed by atoms with Crippen molar-refractivity contribution in [2.24, 2.45) is 5.41 Å². The minimum absolute atomic E-state index is 0.274. The molecule has 2 aliphatic heterocycles. The van der Waals surface area contributed by atoms with Crippen molar-refractivity contribution in [2.75, 3.05) is 24.9 Å². The number of carbonyl (C=O) groups excluding carboxylic acids is 2. The number of rotatable bonds is 2. The minimum atomic E-state index is -1.15. The molecular weight excluding hydrogens is 320 g/mol. The van der Waals surface area contributed by atoms with Gasteiger partial charge in [0.15, 0.2) is 0 Å². The highest BCUT2D eigenvalue weighted by Gasteiger charge is 2.51. The Balaban J connectivity index is 1.75. The van der Waals surface area contributed by atoms with Gasteiger partial charge in [0.25, 0.3) is 0 Å². The zero-order valence-corrected chi connectivity index (χ0v) is 14.0. The lowest BCUT2D eigenvalue weighted by molar-refractivity contribution is -0.138. The molecule has 0 saturated carbocycles. The first-order valence-corrected chi connectivity index (χ1v) is 8.02. The Morgan fingerprint density at radius 3 is 2.12 bits per heavy atom. The van der Waals surface area contributed by atoms with E-state index in [1.807, 2.05) is 18.2 Å². The molecule has 6 heteroatoms. The van der Waals surface area contributed by atoms with Gasteiger partial charge in [0.1, 0.15) is 16.9 Å². The topological polar surface area (TPSA) is 76.7 Å². The number of methoxy groups -OCH3 is 2. The third-order valence-corrected chi connectivity index (χ3v) is 4.98. The van der Waals surface area contributed by atoms with Gasteiger partial charge in [-0.25, -0.2) is 0 Å². The van der Waals surface area contributed by atoms with Gasteiger partial charge in [0, 0.05) is 17.4 Å². The molecule has 1 spiro atoms. The summed E-state index contributed by atoms with van der Waals surface area (Å²) in [5.74, 6) is 0.799. The van der Waals surface area contributed by atoms with E-state index in [4.69, 9.17) is 9.47 Å². The SMILES string of the molecule is COc1ccc2c(c1)CC1(Cc3ccc(OC)cc3NC1=O)C(=O)N2. The first kappa shape index (κ1) is 15.5. The van der Waals surface area contributed by atoms with Crippen molar-refractivity contribution in [3.63, 3.8) is 0 Å². The predicted molar refractivity (Wildman–Crippen MR) is 93.1 cm³/mol. The van der Waals surface area contributed by atoms with Crippen LogP contribution < -0.4 is 20.1 Å². The van der Waals surface area contributed by atoms with E-state index in [0.29, 0.717) is 30.0 Å². The second-order valence-electron chi connectivity index (χ2n) is 6.39.